The Hall–Kier alpha value is -2.36. The first kappa shape index (κ1) is 12.1. The molecule has 2 rings (SSSR count). The van der Waals surface area contributed by atoms with E-state index >= 15 is 0 Å². The molecule has 4 heteroatoms. The molecule has 0 radical (unpaired) electrons. The van der Waals surface area contributed by atoms with Crippen molar-refractivity contribution >= 4 is 5.97 Å². The molecule has 0 saturated heterocycles. The second-order valence-corrected chi connectivity index (χ2v) is 4.05. The maximum atomic E-state index is 11.8. The number of hydrogen-bond acceptors (Lipinski definition) is 2. The van der Waals surface area contributed by atoms with Crippen molar-refractivity contribution in [1.82, 2.24) is 4.57 Å². The van der Waals surface area contributed by atoms with Crippen molar-refractivity contribution in [1.29, 1.82) is 0 Å². The summed E-state index contributed by atoms with van der Waals surface area (Å²) in [7, 11) is 0. The van der Waals surface area contributed by atoms with E-state index in [0.717, 1.165) is 5.56 Å². The van der Waals surface area contributed by atoms with Crippen LogP contribution in [0.15, 0.2) is 47.3 Å². The third-order valence-corrected chi connectivity index (χ3v) is 2.87. The molecule has 0 spiro atoms. The molecule has 0 unspecified atom stereocenters. The Kier molecular flexibility index (Phi) is 3.28. The van der Waals surface area contributed by atoms with Crippen LogP contribution in [0.4, 0.5) is 0 Å². The molecule has 0 amide bonds. The van der Waals surface area contributed by atoms with E-state index in [1.54, 1.807) is 6.92 Å². The fourth-order valence-corrected chi connectivity index (χ4v) is 1.86. The topological polar surface area (TPSA) is 59.3 Å². The molecule has 0 fully saturated rings. The van der Waals surface area contributed by atoms with Crippen LogP contribution in [-0.2, 0) is 6.54 Å². The summed E-state index contributed by atoms with van der Waals surface area (Å²) in [5.41, 5.74) is 1.40. The van der Waals surface area contributed by atoms with Crippen molar-refractivity contribution in [2.45, 2.75) is 13.5 Å². The second-order valence-electron chi connectivity index (χ2n) is 4.05. The SMILES string of the molecule is Cc1c(C(=O)O)ccc(=O)n1Cc1ccccc1. The van der Waals surface area contributed by atoms with E-state index in [2.05, 4.69) is 0 Å². The predicted octanol–water partition coefficient (Wildman–Crippen LogP) is 1.90. The zero-order chi connectivity index (χ0) is 13.1. The van der Waals surface area contributed by atoms with Crippen molar-refractivity contribution in [2.75, 3.05) is 0 Å². The van der Waals surface area contributed by atoms with Crippen LogP contribution in [0, 0.1) is 6.92 Å². The van der Waals surface area contributed by atoms with Gasteiger partial charge in [-0.05, 0) is 18.6 Å². The minimum atomic E-state index is -1.02. The first-order valence-electron chi connectivity index (χ1n) is 5.57. The molecule has 0 bridgehead atoms. The number of aromatic nitrogens is 1. The summed E-state index contributed by atoms with van der Waals surface area (Å²) < 4.78 is 1.47. The molecule has 4 nitrogen and oxygen atoms in total. The van der Waals surface area contributed by atoms with E-state index in [4.69, 9.17) is 5.11 Å². The first-order valence-corrected chi connectivity index (χ1v) is 5.57. The molecule has 0 aliphatic carbocycles. The Bertz CT molecular complexity index is 629. The van der Waals surface area contributed by atoms with Gasteiger partial charge in [0.15, 0.2) is 0 Å². The fraction of sp³-hybridized carbons (Fsp3) is 0.143. The van der Waals surface area contributed by atoms with Crippen LogP contribution in [0.25, 0.3) is 0 Å². The molecule has 0 atom stereocenters. The van der Waals surface area contributed by atoms with Crippen LogP contribution in [0.2, 0.25) is 0 Å². The maximum Gasteiger partial charge on any atom is 0.337 e. The number of pyridine rings is 1. The average molecular weight is 243 g/mol. The molecular weight excluding hydrogens is 230 g/mol. The van der Waals surface area contributed by atoms with Gasteiger partial charge < -0.3 is 9.67 Å². The standard InChI is InChI=1S/C14H13NO3/c1-10-12(14(17)18)7-8-13(16)15(10)9-11-5-3-2-4-6-11/h2-8H,9H2,1H3,(H,17,18). The van der Waals surface area contributed by atoms with Crippen LogP contribution in [0.1, 0.15) is 21.6 Å². The van der Waals surface area contributed by atoms with Crippen molar-refractivity contribution < 1.29 is 9.90 Å². The number of hydrogen-bond donors (Lipinski definition) is 1. The van der Waals surface area contributed by atoms with Crippen LogP contribution < -0.4 is 5.56 Å². The molecule has 1 N–H and O–H groups in total. The highest BCUT2D eigenvalue weighted by Gasteiger charge is 2.11. The number of carboxylic acids is 1. The molecule has 0 aliphatic rings. The number of carbonyl (C=O) groups is 1. The van der Waals surface area contributed by atoms with E-state index in [9.17, 15) is 9.59 Å². The van der Waals surface area contributed by atoms with Crippen LogP contribution >= 0.6 is 0 Å². The quantitative estimate of drug-likeness (QED) is 0.895. The summed E-state index contributed by atoms with van der Waals surface area (Å²) in [6.07, 6.45) is 0. The average Bonchev–Trinajstić information content (AvgIpc) is 2.35. The molecule has 0 aliphatic heterocycles. The van der Waals surface area contributed by atoms with Crippen LogP contribution in [0.3, 0.4) is 0 Å². The zero-order valence-electron chi connectivity index (χ0n) is 9.96. The molecule has 92 valence electrons. The van der Waals surface area contributed by atoms with Gasteiger partial charge in [-0.15, -0.1) is 0 Å². The molecule has 18 heavy (non-hydrogen) atoms. The highest BCUT2D eigenvalue weighted by molar-refractivity contribution is 5.88. The van der Waals surface area contributed by atoms with Gasteiger partial charge in [-0.1, -0.05) is 30.3 Å². The van der Waals surface area contributed by atoms with Gasteiger partial charge in [0, 0.05) is 11.8 Å². The lowest BCUT2D eigenvalue weighted by Crippen LogP contribution is -2.24. The third-order valence-electron chi connectivity index (χ3n) is 2.87. The van der Waals surface area contributed by atoms with E-state index in [0.29, 0.717) is 12.2 Å². The Morgan fingerprint density at radius 1 is 1.17 bits per heavy atom. The van der Waals surface area contributed by atoms with Gasteiger partial charge in [-0.2, -0.15) is 0 Å². The van der Waals surface area contributed by atoms with Crippen LogP contribution in [-0.4, -0.2) is 15.6 Å². The lowest BCUT2D eigenvalue weighted by atomic mass is 10.1. The minimum Gasteiger partial charge on any atom is -0.478 e. The van der Waals surface area contributed by atoms with Crippen molar-refractivity contribution in [2.24, 2.45) is 0 Å². The van der Waals surface area contributed by atoms with Gasteiger partial charge in [0.05, 0.1) is 12.1 Å². The molecular formula is C14H13NO3. The van der Waals surface area contributed by atoms with Gasteiger partial charge in [0.1, 0.15) is 0 Å². The van der Waals surface area contributed by atoms with E-state index in [-0.39, 0.29) is 11.1 Å². The Labute approximate surface area is 104 Å². The number of rotatable bonds is 3. The zero-order valence-corrected chi connectivity index (χ0v) is 9.96. The number of aromatic carboxylic acids is 1. The van der Waals surface area contributed by atoms with E-state index in [1.165, 1.54) is 16.7 Å². The lowest BCUT2D eigenvalue weighted by Gasteiger charge is -2.11. The summed E-state index contributed by atoms with van der Waals surface area (Å²) in [4.78, 5) is 22.8. The van der Waals surface area contributed by atoms with E-state index in [1.807, 2.05) is 30.3 Å². The number of benzene rings is 1. The third kappa shape index (κ3) is 2.32. The highest BCUT2D eigenvalue weighted by atomic mass is 16.4. The van der Waals surface area contributed by atoms with Gasteiger partial charge in [0.25, 0.3) is 5.56 Å². The van der Waals surface area contributed by atoms with Gasteiger partial charge in [-0.3, -0.25) is 4.79 Å². The summed E-state index contributed by atoms with van der Waals surface area (Å²) in [5.74, 6) is -1.02. The molecule has 1 aromatic carbocycles. The van der Waals surface area contributed by atoms with Gasteiger partial charge in [0.2, 0.25) is 0 Å². The number of carboxylic acid groups (broad SMARTS) is 1. The number of nitrogens with zero attached hydrogens (tertiary/aromatic N) is 1. The molecule has 2 aromatic rings. The molecule has 0 saturated carbocycles. The second kappa shape index (κ2) is 4.87. The predicted molar refractivity (Wildman–Crippen MR) is 67.9 cm³/mol. The monoisotopic (exact) mass is 243 g/mol. The normalized spacial score (nSPS) is 10.3. The Balaban J connectivity index is 2.48. The summed E-state index contributed by atoms with van der Waals surface area (Å²) in [6, 6.07) is 12.1. The summed E-state index contributed by atoms with van der Waals surface area (Å²) in [5, 5.41) is 9.03. The highest BCUT2D eigenvalue weighted by Crippen LogP contribution is 2.08. The summed E-state index contributed by atoms with van der Waals surface area (Å²) in [6.45, 7) is 2.03. The molecule has 1 heterocycles. The van der Waals surface area contributed by atoms with Crippen molar-refractivity contribution in [3.63, 3.8) is 0 Å². The summed E-state index contributed by atoms with van der Waals surface area (Å²) >= 11 is 0. The van der Waals surface area contributed by atoms with E-state index < -0.39 is 5.97 Å². The van der Waals surface area contributed by atoms with Crippen LogP contribution in [0.5, 0.6) is 0 Å². The maximum absolute atomic E-state index is 11.8. The van der Waals surface area contributed by atoms with Gasteiger partial charge >= 0.3 is 5.97 Å². The smallest absolute Gasteiger partial charge is 0.337 e. The van der Waals surface area contributed by atoms with Crippen molar-refractivity contribution in [3.05, 3.63) is 69.6 Å². The minimum absolute atomic E-state index is 0.158. The van der Waals surface area contributed by atoms with Gasteiger partial charge in [-0.25, -0.2) is 4.79 Å². The van der Waals surface area contributed by atoms with Crippen molar-refractivity contribution in [3.8, 4) is 0 Å². The molecule has 1 aromatic heterocycles. The lowest BCUT2D eigenvalue weighted by molar-refractivity contribution is 0.0695. The largest absolute Gasteiger partial charge is 0.478 e. The first-order chi connectivity index (χ1) is 8.59. The Morgan fingerprint density at radius 3 is 2.44 bits per heavy atom. The Morgan fingerprint density at radius 2 is 1.83 bits per heavy atom. The fourth-order valence-electron chi connectivity index (χ4n) is 1.86.